The van der Waals surface area contributed by atoms with E-state index in [2.05, 4.69) is 32.4 Å². The summed E-state index contributed by atoms with van der Waals surface area (Å²) in [7, 11) is 0. The predicted molar refractivity (Wildman–Crippen MR) is 93.6 cm³/mol. The summed E-state index contributed by atoms with van der Waals surface area (Å²) < 4.78 is 0. The van der Waals surface area contributed by atoms with Crippen molar-refractivity contribution in [1.82, 2.24) is 15.3 Å². The average molecular weight is 319 g/mol. The molecule has 1 amide bonds. The van der Waals surface area contributed by atoms with Crippen LogP contribution in [-0.4, -0.2) is 42.1 Å². The first-order valence-electron chi connectivity index (χ1n) is 8.45. The number of aromatic nitrogens is 2. The molecule has 0 saturated carbocycles. The van der Waals surface area contributed by atoms with Gasteiger partial charge in [0.05, 0.1) is 0 Å². The third kappa shape index (κ3) is 5.37. The average Bonchev–Trinajstić information content (AvgIpc) is 2.51. The van der Waals surface area contributed by atoms with Gasteiger partial charge in [-0.3, -0.25) is 4.79 Å². The van der Waals surface area contributed by atoms with Crippen LogP contribution >= 0.6 is 0 Å². The fraction of sp³-hybridized carbons (Fsp3) is 0.706. The minimum Gasteiger partial charge on any atom is -0.368 e. The van der Waals surface area contributed by atoms with Gasteiger partial charge in [0.1, 0.15) is 18.0 Å². The van der Waals surface area contributed by atoms with E-state index in [1.54, 1.807) is 6.33 Å². The van der Waals surface area contributed by atoms with E-state index in [1.165, 1.54) is 12.8 Å². The van der Waals surface area contributed by atoms with Crippen LogP contribution in [0, 0.1) is 11.3 Å². The molecule has 6 heteroatoms. The molecule has 0 aromatic carbocycles. The molecule has 1 unspecified atom stereocenters. The van der Waals surface area contributed by atoms with Crippen LogP contribution in [0.2, 0.25) is 0 Å². The van der Waals surface area contributed by atoms with Gasteiger partial charge in [-0.2, -0.15) is 0 Å². The van der Waals surface area contributed by atoms with Crippen molar-refractivity contribution in [2.45, 2.75) is 40.5 Å². The van der Waals surface area contributed by atoms with Gasteiger partial charge in [0.2, 0.25) is 5.91 Å². The lowest BCUT2D eigenvalue weighted by atomic mass is 9.96. The Labute approximate surface area is 139 Å². The highest BCUT2D eigenvalue weighted by Gasteiger charge is 2.20. The van der Waals surface area contributed by atoms with Gasteiger partial charge in [-0.25, -0.2) is 9.97 Å². The standard InChI is InChI=1S/C17H29N5O/c1-13-6-5-9-22(11-13)15-10-14(20-12-21-15)18-7-8-19-16(23)17(2,3)4/h10,12-13H,5-9,11H2,1-4H3,(H,19,23)(H,18,20,21). The van der Waals surface area contributed by atoms with E-state index in [4.69, 9.17) is 0 Å². The van der Waals surface area contributed by atoms with Gasteiger partial charge < -0.3 is 15.5 Å². The smallest absolute Gasteiger partial charge is 0.225 e. The van der Waals surface area contributed by atoms with E-state index in [1.807, 2.05) is 26.8 Å². The molecule has 0 spiro atoms. The Hall–Kier alpha value is -1.85. The van der Waals surface area contributed by atoms with Gasteiger partial charge in [0.15, 0.2) is 0 Å². The maximum atomic E-state index is 11.8. The second-order valence-electron chi connectivity index (χ2n) is 7.39. The van der Waals surface area contributed by atoms with Gasteiger partial charge in [0.25, 0.3) is 0 Å². The number of piperidine rings is 1. The van der Waals surface area contributed by atoms with Crippen molar-refractivity contribution in [2.24, 2.45) is 11.3 Å². The van der Waals surface area contributed by atoms with Crippen LogP contribution < -0.4 is 15.5 Å². The molecule has 0 aliphatic carbocycles. The molecule has 1 aliphatic rings. The van der Waals surface area contributed by atoms with Crippen LogP contribution in [0.15, 0.2) is 12.4 Å². The highest BCUT2D eigenvalue weighted by Crippen LogP contribution is 2.22. The second-order valence-corrected chi connectivity index (χ2v) is 7.39. The van der Waals surface area contributed by atoms with Crippen molar-refractivity contribution in [2.75, 3.05) is 36.4 Å². The lowest BCUT2D eigenvalue weighted by Gasteiger charge is -2.31. The maximum absolute atomic E-state index is 11.8. The van der Waals surface area contributed by atoms with E-state index in [9.17, 15) is 4.79 Å². The molecule has 0 bridgehead atoms. The number of hydrogen-bond donors (Lipinski definition) is 2. The minimum absolute atomic E-state index is 0.0602. The predicted octanol–water partition coefficient (Wildman–Crippen LogP) is 2.29. The molecule has 2 N–H and O–H groups in total. The van der Waals surface area contributed by atoms with Crippen molar-refractivity contribution < 1.29 is 4.79 Å². The SMILES string of the molecule is CC1CCCN(c2cc(NCCNC(=O)C(C)(C)C)ncn2)C1. The van der Waals surface area contributed by atoms with Gasteiger partial charge in [-0.15, -0.1) is 0 Å². The van der Waals surface area contributed by atoms with Crippen LogP contribution in [0.1, 0.15) is 40.5 Å². The lowest BCUT2D eigenvalue weighted by Crippen LogP contribution is -2.37. The highest BCUT2D eigenvalue weighted by molar-refractivity contribution is 5.81. The maximum Gasteiger partial charge on any atom is 0.225 e. The third-order valence-electron chi connectivity index (χ3n) is 4.03. The number of carbonyl (C=O) groups is 1. The molecule has 2 rings (SSSR count). The Balaban J connectivity index is 1.82. The zero-order valence-corrected chi connectivity index (χ0v) is 14.7. The number of nitrogens with zero attached hydrogens (tertiary/aromatic N) is 3. The first-order valence-corrected chi connectivity index (χ1v) is 8.45. The molecule has 0 radical (unpaired) electrons. The van der Waals surface area contributed by atoms with Crippen molar-refractivity contribution in [3.05, 3.63) is 12.4 Å². The highest BCUT2D eigenvalue weighted by atomic mass is 16.2. The Morgan fingerprint density at radius 1 is 1.35 bits per heavy atom. The minimum atomic E-state index is -0.354. The number of amides is 1. The molecule has 128 valence electrons. The first-order chi connectivity index (χ1) is 10.9. The molecule has 23 heavy (non-hydrogen) atoms. The molecule has 1 aromatic rings. The molecule has 1 aliphatic heterocycles. The van der Waals surface area contributed by atoms with Gasteiger partial charge in [-0.05, 0) is 18.8 Å². The van der Waals surface area contributed by atoms with Crippen molar-refractivity contribution in [3.63, 3.8) is 0 Å². The number of carbonyl (C=O) groups excluding carboxylic acids is 1. The van der Waals surface area contributed by atoms with Crippen LogP contribution in [0.3, 0.4) is 0 Å². The zero-order valence-electron chi connectivity index (χ0n) is 14.7. The van der Waals surface area contributed by atoms with E-state index < -0.39 is 0 Å². The van der Waals surface area contributed by atoms with Crippen LogP contribution in [0.5, 0.6) is 0 Å². The summed E-state index contributed by atoms with van der Waals surface area (Å²) in [5.41, 5.74) is -0.354. The molecule has 1 atom stereocenters. The van der Waals surface area contributed by atoms with Crippen molar-refractivity contribution in [1.29, 1.82) is 0 Å². The van der Waals surface area contributed by atoms with E-state index >= 15 is 0 Å². The fourth-order valence-corrected chi connectivity index (χ4v) is 2.65. The lowest BCUT2D eigenvalue weighted by molar-refractivity contribution is -0.128. The number of hydrogen-bond acceptors (Lipinski definition) is 5. The third-order valence-corrected chi connectivity index (χ3v) is 4.03. The Morgan fingerprint density at radius 3 is 2.83 bits per heavy atom. The summed E-state index contributed by atoms with van der Waals surface area (Å²) >= 11 is 0. The van der Waals surface area contributed by atoms with Crippen LogP contribution in [0.4, 0.5) is 11.6 Å². The van der Waals surface area contributed by atoms with E-state index in [-0.39, 0.29) is 11.3 Å². The van der Waals surface area contributed by atoms with Crippen molar-refractivity contribution in [3.8, 4) is 0 Å². The summed E-state index contributed by atoms with van der Waals surface area (Å²) in [5.74, 6) is 2.55. The van der Waals surface area contributed by atoms with Gasteiger partial charge >= 0.3 is 0 Å². The summed E-state index contributed by atoms with van der Waals surface area (Å²) in [4.78, 5) is 22.8. The molecular formula is C17H29N5O. The summed E-state index contributed by atoms with van der Waals surface area (Å²) in [6.45, 7) is 11.3. The molecule has 6 nitrogen and oxygen atoms in total. The monoisotopic (exact) mass is 319 g/mol. The molecule has 2 heterocycles. The molecule has 1 saturated heterocycles. The molecule has 1 fully saturated rings. The number of anilines is 2. The Bertz CT molecular complexity index is 526. The summed E-state index contributed by atoms with van der Waals surface area (Å²) in [6, 6.07) is 1.99. The van der Waals surface area contributed by atoms with Gasteiger partial charge in [-0.1, -0.05) is 27.7 Å². The Kier molecular flexibility index (Phi) is 5.80. The van der Waals surface area contributed by atoms with Crippen LogP contribution in [0.25, 0.3) is 0 Å². The van der Waals surface area contributed by atoms with Gasteiger partial charge in [0, 0.05) is 37.7 Å². The normalized spacial score (nSPS) is 18.6. The largest absolute Gasteiger partial charge is 0.368 e. The van der Waals surface area contributed by atoms with Crippen LogP contribution in [-0.2, 0) is 4.79 Å². The zero-order chi connectivity index (χ0) is 16.9. The first kappa shape index (κ1) is 17.5. The summed E-state index contributed by atoms with van der Waals surface area (Å²) in [6.07, 6.45) is 4.11. The summed E-state index contributed by atoms with van der Waals surface area (Å²) in [5, 5.41) is 6.17. The fourth-order valence-electron chi connectivity index (χ4n) is 2.65. The quantitative estimate of drug-likeness (QED) is 0.815. The molecular weight excluding hydrogens is 290 g/mol. The Morgan fingerprint density at radius 2 is 2.13 bits per heavy atom. The van der Waals surface area contributed by atoms with E-state index in [0.717, 1.165) is 24.7 Å². The topological polar surface area (TPSA) is 70.2 Å². The number of rotatable bonds is 5. The second kappa shape index (κ2) is 7.62. The molecule has 1 aromatic heterocycles. The van der Waals surface area contributed by atoms with Crippen molar-refractivity contribution >= 4 is 17.5 Å². The van der Waals surface area contributed by atoms with E-state index in [0.29, 0.717) is 19.0 Å². The number of nitrogens with one attached hydrogen (secondary N) is 2.